The fourth-order valence-corrected chi connectivity index (χ4v) is 1.73. The fraction of sp³-hybridized carbons (Fsp3) is 1.00. The molecule has 0 amide bonds. The summed E-state index contributed by atoms with van der Waals surface area (Å²) in [7, 11) is 0. The Morgan fingerprint density at radius 3 is 1.06 bits per heavy atom. The molecule has 2 nitrogen and oxygen atoms in total. The Bertz CT molecular complexity index is 601. The SMILES string of the molecule is Cl.NOCCCC(F)(F)C(F)(F)C(F)(F)C(F)(F)C(F)(F)C(F)(F)C(F)(F)C(F)(F)F. The third kappa shape index (κ3) is 4.58. The number of hydrogen-bond donors (Lipinski definition) is 1. The summed E-state index contributed by atoms with van der Waals surface area (Å²) in [6.07, 6.45) is -11.7. The third-order valence-corrected chi connectivity index (χ3v) is 3.54. The van der Waals surface area contributed by atoms with Gasteiger partial charge in [0.15, 0.2) is 0 Å². The molecule has 0 aliphatic carbocycles. The zero-order valence-electron chi connectivity index (χ0n) is 13.9. The van der Waals surface area contributed by atoms with Crippen LogP contribution in [0.5, 0.6) is 0 Å². The molecule has 0 fully saturated rings. The van der Waals surface area contributed by atoms with Crippen LogP contribution in [0.2, 0.25) is 0 Å². The van der Waals surface area contributed by atoms with Crippen LogP contribution in [0.15, 0.2) is 0 Å². The predicted octanol–water partition coefficient (Wildman–Crippen LogP) is 6.09. The average molecular weight is 530 g/mol. The highest BCUT2D eigenvalue weighted by atomic mass is 35.5. The fourth-order valence-electron chi connectivity index (χ4n) is 1.73. The molecular formula is C11H9ClF17NO. The second-order valence-corrected chi connectivity index (χ2v) is 5.62. The highest BCUT2D eigenvalue weighted by Gasteiger charge is 2.95. The molecule has 2 N–H and O–H groups in total. The Morgan fingerprint density at radius 2 is 0.774 bits per heavy atom. The number of hydrogen-bond acceptors (Lipinski definition) is 2. The maximum atomic E-state index is 13.3. The van der Waals surface area contributed by atoms with Gasteiger partial charge in [-0.2, -0.15) is 74.6 Å². The van der Waals surface area contributed by atoms with Crippen LogP contribution in [0, 0.1) is 0 Å². The highest BCUT2D eigenvalue weighted by molar-refractivity contribution is 5.85. The maximum Gasteiger partial charge on any atom is 0.460 e. The van der Waals surface area contributed by atoms with E-state index in [1.807, 2.05) is 0 Å². The predicted molar refractivity (Wildman–Crippen MR) is 67.3 cm³/mol. The smallest absolute Gasteiger partial charge is 0.305 e. The van der Waals surface area contributed by atoms with Gasteiger partial charge in [0.05, 0.1) is 6.61 Å². The largest absolute Gasteiger partial charge is 0.460 e. The lowest BCUT2D eigenvalue weighted by molar-refractivity contribution is -0.461. The van der Waals surface area contributed by atoms with Crippen LogP contribution in [-0.4, -0.2) is 54.2 Å². The van der Waals surface area contributed by atoms with E-state index in [0.717, 1.165) is 0 Å². The molecule has 0 radical (unpaired) electrons. The van der Waals surface area contributed by atoms with E-state index in [4.69, 9.17) is 0 Å². The molecule has 0 saturated carbocycles. The molecule has 0 rings (SSSR count). The van der Waals surface area contributed by atoms with E-state index in [0.29, 0.717) is 0 Å². The molecule has 20 heteroatoms. The Hall–Kier alpha value is -0.980. The van der Waals surface area contributed by atoms with Crippen molar-refractivity contribution in [1.29, 1.82) is 0 Å². The summed E-state index contributed by atoms with van der Waals surface area (Å²) in [5, 5.41) is 0. The summed E-state index contributed by atoms with van der Waals surface area (Å²) in [6.45, 7) is -1.11. The molecule has 0 heterocycles. The van der Waals surface area contributed by atoms with Gasteiger partial charge in [0.25, 0.3) is 0 Å². The minimum Gasteiger partial charge on any atom is -0.305 e. The van der Waals surface area contributed by atoms with Gasteiger partial charge in [-0.25, -0.2) is 5.90 Å². The van der Waals surface area contributed by atoms with E-state index >= 15 is 0 Å². The lowest BCUT2D eigenvalue weighted by Crippen LogP contribution is -2.74. The van der Waals surface area contributed by atoms with Crippen LogP contribution in [0.25, 0.3) is 0 Å². The first-order valence-electron chi connectivity index (χ1n) is 6.84. The number of alkyl halides is 17. The van der Waals surface area contributed by atoms with Gasteiger partial charge in [0, 0.05) is 6.42 Å². The van der Waals surface area contributed by atoms with E-state index in [1.165, 1.54) is 0 Å². The molecule has 0 bridgehead atoms. The van der Waals surface area contributed by atoms with Gasteiger partial charge in [0.2, 0.25) is 0 Å². The molecule has 0 aliphatic heterocycles. The Kier molecular flexibility index (Phi) is 9.09. The molecule has 0 spiro atoms. The van der Waals surface area contributed by atoms with E-state index in [2.05, 4.69) is 10.7 Å². The van der Waals surface area contributed by atoms with Crippen LogP contribution < -0.4 is 5.90 Å². The molecule has 0 saturated heterocycles. The van der Waals surface area contributed by atoms with Crippen LogP contribution in [0.4, 0.5) is 74.6 Å². The molecule has 0 aromatic heterocycles. The minimum absolute atomic E-state index is 0. The lowest BCUT2D eigenvalue weighted by Gasteiger charge is -2.42. The topological polar surface area (TPSA) is 35.2 Å². The summed E-state index contributed by atoms with van der Waals surface area (Å²) in [6, 6.07) is 0. The van der Waals surface area contributed by atoms with Gasteiger partial charge in [0.1, 0.15) is 0 Å². The zero-order valence-corrected chi connectivity index (χ0v) is 14.8. The lowest BCUT2D eigenvalue weighted by atomic mass is 9.88. The molecule has 190 valence electrons. The van der Waals surface area contributed by atoms with Crippen LogP contribution >= 0.6 is 12.4 Å². The third-order valence-electron chi connectivity index (χ3n) is 3.54. The highest BCUT2D eigenvalue weighted by Crippen LogP contribution is 2.64. The quantitative estimate of drug-likeness (QED) is 0.211. The van der Waals surface area contributed by atoms with Crippen molar-refractivity contribution in [2.75, 3.05) is 6.61 Å². The molecule has 31 heavy (non-hydrogen) atoms. The average Bonchev–Trinajstić information content (AvgIpc) is 2.52. The van der Waals surface area contributed by atoms with Crippen molar-refractivity contribution < 1.29 is 79.5 Å². The number of rotatable bonds is 10. The van der Waals surface area contributed by atoms with Crippen molar-refractivity contribution in [1.82, 2.24) is 0 Å². The van der Waals surface area contributed by atoms with E-state index in [1.54, 1.807) is 0 Å². The van der Waals surface area contributed by atoms with Crippen molar-refractivity contribution in [2.45, 2.75) is 60.5 Å². The molecular weight excluding hydrogens is 521 g/mol. The van der Waals surface area contributed by atoms with Crippen LogP contribution in [-0.2, 0) is 4.84 Å². The second kappa shape index (κ2) is 8.75. The molecule has 0 atom stereocenters. The molecule has 0 aromatic rings. The van der Waals surface area contributed by atoms with Crippen molar-refractivity contribution in [3.05, 3.63) is 0 Å². The van der Waals surface area contributed by atoms with E-state index in [9.17, 15) is 74.6 Å². The van der Waals surface area contributed by atoms with Crippen LogP contribution in [0.3, 0.4) is 0 Å². The Labute approximate surface area is 166 Å². The van der Waals surface area contributed by atoms with Crippen molar-refractivity contribution in [2.24, 2.45) is 5.90 Å². The van der Waals surface area contributed by atoms with Crippen molar-refractivity contribution >= 4 is 12.4 Å². The van der Waals surface area contributed by atoms with E-state index < -0.39 is 67.1 Å². The standard InChI is InChI=1S/C11H8F17NO.ClH/c12-4(13,2-1-3-30-29)5(14,15)6(16,17)7(18,19)8(20,21)9(22,23)10(24,25)11(26,27)28;/h1-3,29H2;1H. The summed E-state index contributed by atoms with van der Waals surface area (Å²) in [5.74, 6) is -51.9. The monoisotopic (exact) mass is 529 g/mol. The normalized spacial score (nSPS) is 15.7. The first-order valence-corrected chi connectivity index (χ1v) is 6.84. The van der Waals surface area contributed by atoms with E-state index in [-0.39, 0.29) is 12.4 Å². The minimum atomic E-state index is -8.61. The van der Waals surface area contributed by atoms with Gasteiger partial charge in [-0.15, -0.1) is 12.4 Å². The van der Waals surface area contributed by atoms with Gasteiger partial charge >= 0.3 is 47.6 Å². The summed E-state index contributed by atoms with van der Waals surface area (Å²) >= 11 is 0. The van der Waals surface area contributed by atoms with Crippen molar-refractivity contribution in [3.8, 4) is 0 Å². The van der Waals surface area contributed by atoms with Gasteiger partial charge in [-0.1, -0.05) is 0 Å². The Balaban J connectivity index is 0. The van der Waals surface area contributed by atoms with Crippen LogP contribution in [0.1, 0.15) is 12.8 Å². The summed E-state index contributed by atoms with van der Waals surface area (Å²) in [5.41, 5.74) is 0. The first kappa shape index (κ1) is 32.2. The molecule has 0 aliphatic rings. The van der Waals surface area contributed by atoms with Gasteiger partial charge < -0.3 is 4.84 Å². The maximum absolute atomic E-state index is 13.3. The summed E-state index contributed by atoms with van der Waals surface area (Å²) in [4.78, 5) is 3.55. The van der Waals surface area contributed by atoms with Gasteiger partial charge in [-0.3, -0.25) is 0 Å². The zero-order chi connectivity index (χ0) is 24.8. The van der Waals surface area contributed by atoms with Crippen molar-refractivity contribution in [3.63, 3.8) is 0 Å². The number of halogens is 18. The summed E-state index contributed by atoms with van der Waals surface area (Å²) < 4.78 is 219. The number of nitrogens with two attached hydrogens (primary N) is 1. The Morgan fingerprint density at radius 1 is 0.484 bits per heavy atom. The molecule has 0 aromatic carbocycles. The molecule has 0 unspecified atom stereocenters. The first-order chi connectivity index (χ1) is 12.8. The second-order valence-electron chi connectivity index (χ2n) is 5.62. The van der Waals surface area contributed by atoms with Gasteiger partial charge in [-0.05, 0) is 6.42 Å².